The summed E-state index contributed by atoms with van der Waals surface area (Å²) in [6.45, 7) is 0.894. The molecule has 2 aromatic rings. The monoisotopic (exact) mass is 441 g/mol. The fourth-order valence-corrected chi connectivity index (χ4v) is 3.82. The molecule has 158 valence electrons. The van der Waals surface area contributed by atoms with Crippen LogP contribution >= 0.6 is 0 Å². The Morgan fingerprint density at radius 2 is 1.97 bits per heavy atom. The molecule has 0 fully saturated rings. The molecule has 0 radical (unpaired) electrons. The van der Waals surface area contributed by atoms with Crippen LogP contribution in [0.15, 0.2) is 30.3 Å². The van der Waals surface area contributed by atoms with Gasteiger partial charge in [0.1, 0.15) is 28.0 Å². The Bertz CT molecular complexity index is 1130. The minimum atomic E-state index is -3.98. The van der Waals surface area contributed by atoms with Gasteiger partial charge in [0.25, 0.3) is 0 Å². The lowest BCUT2D eigenvalue weighted by atomic mass is 10.0. The molecule has 1 aliphatic rings. The van der Waals surface area contributed by atoms with E-state index in [2.05, 4.69) is 0 Å². The Kier molecular flexibility index (Phi) is 5.74. The average molecular weight is 441 g/mol. The zero-order chi connectivity index (χ0) is 22.2. The number of rotatable bonds is 5. The van der Waals surface area contributed by atoms with Crippen LogP contribution in [0, 0.1) is 17.1 Å². The smallest absolute Gasteiger partial charge is 0.317 e. The average Bonchev–Trinajstić information content (AvgIpc) is 2.84. The van der Waals surface area contributed by atoms with Crippen LogP contribution in [-0.4, -0.2) is 25.4 Å². The first-order valence-electron chi connectivity index (χ1n) is 8.43. The molecule has 0 bridgehead atoms. The molecular formula is C19H14F3NO6S. The van der Waals surface area contributed by atoms with Gasteiger partial charge in [-0.2, -0.15) is 14.0 Å². The third-order valence-corrected chi connectivity index (χ3v) is 5.00. The second-order valence-electron chi connectivity index (χ2n) is 6.50. The first kappa shape index (κ1) is 21.6. The molecule has 3 rings (SSSR count). The summed E-state index contributed by atoms with van der Waals surface area (Å²) in [5.41, 5.74) is -1.07. The van der Waals surface area contributed by atoms with E-state index in [1.54, 1.807) is 6.07 Å². The number of thiol groups is 1. The fourth-order valence-electron chi connectivity index (χ4n) is 3.26. The number of nitriles is 1. The normalized spacial score (nSPS) is 19.2. The summed E-state index contributed by atoms with van der Waals surface area (Å²) in [4.78, 5) is 11.4. The first-order valence-corrected chi connectivity index (χ1v) is 9.80. The number of nitrogens with zero attached hydrogens (tertiary/aromatic N) is 1. The van der Waals surface area contributed by atoms with Gasteiger partial charge in [0.05, 0.1) is 17.4 Å². The number of benzene rings is 2. The quantitative estimate of drug-likeness (QED) is 0.542. The summed E-state index contributed by atoms with van der Waals surface area (Å²) in [5.74, 6) is -7.03. The predicted molar refractivity (Wildman–Crippen MR) is 96.1 cm³/mol. The highest BCUT2D eigenvalue weighted by atomic mass is 32.2. The van der Waals surface area contributed by atoms with Crippen molar-refractivity contribution in [1.82, 2.24) is 0 Å². The number of aliphatic hydroxyl groups excluding tert-OH is 1. The van der Waals surface area contributed by atoms with Gasteiger partial charge in [-0.3, -0.25) is 4.79 Å². The molecule has 0 saturated carbocycles. The van der Waals surface area contributed by atoms with Crippen LogP contribution in [0.2, 0.25) is 0 Å². The van der Waals surface area contributed by atoms with Crippen molar-refractivity contribution in [2.45, 2.75) is 30.8 Å². The number of halogens is 3. The highest BCUT2D eigenvalue weighted by Gasteiger charge is 2.59. The number of fused-ring (bicyclic) bond motifs is 1. The van der Waals surface area contributed by atoms with Gasteiger partial charge in [-0.1, -0.05) is 6.07 Å². The van der Waals surface area contributed by atoms with Crippen LogP contribution < -0.4 is 4.74 Å². The van der Waals surface area contributed by atoms with Crippen molar-refractivity contribution in [2.24, 2.45) is 0 Å². The van der Waals surface area contributed by atoms with Gasteiger partial charge in [0.15, 0.2) is 12.2 Å². The molecule has 1 N–H and O–H groups in total. The van der Waals surface area contributed by atoms with Crippen molar-refractivity contribution in [3.8, 4) is 17.6 Å². The molecule has 0 spiro atoms. The molecule has 2 aromatic carbocycles. The van der Waals surface area contributed by atoms with Crippen molar-refractivity contribution < 1.29 is 41.0 Å². The molecule has 30 heavy (non-hydrogen) atoms. The van der Waals surface area contributed by atoms with Crippen LogP contribution in [0.25, 0.3) is 0 Å². The highest BCUT2D eigenvalue weighted by molar-refractivity contribution is 7.71. The lowest BCUT2D eigenvalue weighted by Gasteiger charge is -2.22. The predicted octanol–water partition coefficient (Wildman–Crippen LogP) is 2.89. The van der Waals surface area contributed by atoms with E-state index in [9.17, 15) is 31.5 Å². The molecule has 1 aliphatic carbocycles. The molecule has 0 saturated heterocycles. The Hall–Kier alpha value is -3.10. The Balaban J connectivity index is 2.19. The minimum absolute atomic E-state index is 0.0923. The minimum Gasteiger partial charge on any atom is -0.457 e. The summed E-state index contributed by atoms with van der Waals surface area (Å²) in [7, 11) is -3.03. The number of hydrogen-bond donors (Lipinski definition) is 2. The Morgan fingerprint density at radius 3 is 2.57 bits per heavy atom. The maximum atomic E-state index is 14.7. The maximum absolute atomic E-state index is 14.7. The van der Waals surface area contributed by atoms with E-state index in [4.69, 9.17) is 14.7 Å². The largest absolute Gasteiger partial charge is 0.457 e. The molecule has 0 aliphatic heterocycles. The number of carbonyl (C=O) groups is 1. The molecule has 2 atom stereocenters. The van der Waals surface area contributed by atoms with Crippen molar-refractivity contribution in [3.63, 3.8) is 0 Å². The fraction of sp³-hybridized carbons (Fsp3) is 0.263. The number of alkyl halides is 2. The van der Waals surface area contributed by atoms with E-state index in [-0.39, 0.29) is 22.6 Å². The number of hydrogen-bond acceptors (Lipinski definition) is 7. The van der Waals surface area contributed by atoms with E-state index >= 15 is 0 Å². The van der Waals surface area contributed by atoms with Crippen molar-refractivity contribution in [2.75, 3.05) is 0 Å². The van der Waals surface area contributed by atoms with Crippen LogP contribution in [-0.2, 0) is 26.0 Å². The summed E-state index contributed by atoms with van der Waals surface area (Å²) in [6.07, 6.45) is -4.73. The lowest BCUT2D eigenvalue weighted by molar-refractivity contribution is -0.193. The Morgan fingerprint density at radius 1 is 1.27 bits per heavy atom. The van der Waals surface area contributed by atoms with E-state index < -0.39 is 57.5 Å². The van der Waals surface area contributed by atoms with Crippen molar-refractivity contribution >= 4 is 16.7 Å². The summed E-state index contributed by atoms with van der Waals surface area (Å²) >= 11 is 0. The molecule has 0 aromatic heterocycles. The second-order valence-corrected chi connectivity index (χ2v) is 7.48. The number of carbonyl (C=O) groups excluding carboxylic acids is 1. The van der Waals surface area contributed by atoms with Gasteiger partial charge in [-0.05, 0) is 23.8 Å². The molecule has 7 nitrogen and oxygen atoms in total. The molecular weight excluding hydrogens is 427 g/mol. The zero-order valence-corrected chi connectivity index (χ0v) is 16.2. The van der Waals surface area contributed by atoms with Gasteiger partial charge in [0, 0.05) is 24.1 Å². The van der Waals surface area contributed by atoms with Crippen molar-refractivity contribution in [3.05, 3.63) is 58.4 Å². The molecule has 0 amide bonds. The Labute approximate surface area is 170 Å². The summed E-state index contributed by atoms with van der Waals surface area (Å²) in [5, 5.41) is 19.2. The maximum Gasteiger partial charge on any atom is 0.317 e. The summed E-state index contributed by atoms with van der Waals surface area (Å²) in [6, 6.07) is 7.02. The van der Waals surface area contributed by atoms with E-state index in [1.165, 1.54) is 6.07 Å². The van der Waals surface area contributed by atoms with E-state index in [0.717, 1.165) is 31.2 Å². The third-order valence-electron chi connectivity index (χ3n) is 4.40. The number of aliphatic hydroxyl groups is 1. The van der Waals surface area contributed by atoms with Gasteiger partial charge in [-0.25, -0.2) is 12.8 Å². The van der Waals surface area contributed by atoms with Gasteiger partial charge < -0.3 is 14.6 Å². The van der Waals surface area contributed by atoms with Crippen LogP contribution in [0.3, 0.4) is 0 Å². The second kappa shape index (κ2) is 7.97. The zero-order valence-electron chi connectivity index (χ0n) is 15.3. The van der Waals surface area contributed by atoms with E-state index in [1.807, 2.05) is 0 Å². The number of ether oxygens (including phenoxy) is 2. The number of esters is 1. The van der Waals surface area contributed by atoms with Gasteiger partial charge in [-0.15, -0.1) is 0 Å². The SMILES string of the molecule is CC(=O)O[C@H]1c2c(C[SH](=O)=O)ccc(Oc3cc(F)cc(C#N)c3)c2[C@@H](O)C1(F)F. The lowest BCUT2D eigenvalue weighted by Crippen LogP contribution is -2.30. The van der Waals surface area contributed by atoms with Crippen LogP contribution in [0.4, 0.5) is 13.2 Å². The topological polar surface area (TPSA) is 114 Å². The molecule has 0 heterocycles. The van der Waals surface area contributed by atoms with Crippen LogP contribution in [0.5, 0.6) is 11.5 Å². The van der Waals surface area contributed by atoms with E-state index in [0.29, 0.717) is 0 Å². The third kappa shape index (κ3) is 3.96. The first-order chi connectivity index (χ1) is 14.0. The van der Waals surface area contributed by atoms with Gasteiger partial charge >= 0.3 is 11.9 Å². The molecule has 11 heteroatoms. The van der Waals surface area contributed by atoms with Crippen molar-refractivity contribution in [1.29, 1.82) is 5.26 Å². The van der Waals surface area contributed by atoms with Crippen LogP contribution in [0.1, 0.15) is 41.4 Å². The summed E-state index contributed by atoms with van der Waals surface area (Å²) < 4.78 is 75.7. The molecule has 0 unspecified atom stereocenters. The highest BCUT2D eigenvalue weighted by Crippen LogP contribution is 2.56. The van der Waals surface area contributed by atoms with Gasteiger partial charge in [0.2, 0.25) is 0 Å². The standard InChI is InChI=1S/C19H14F3NO6S/c1-9(24)28-18-15-11(8-30(26)27)2-3-14(16(15)17(25)19(18,21)22)29-13-5-10(7-23)4-12(20)6-13/h2-6,17-18,25,30H,8H2,1H3/t17-,18+/m1/s1.